The Kier molecular flexibility index (Phi) is 5.02. The quantitative estimate of drug-likeness (QED) is 0.853. The largest absolute Gasteiger partial charge is 0.472 e. The highest BCUT2D eigenvalue weighted by Gasteiger charge is 2.35. The summed E-state index contributed by atoms with van der Waals surface area (Å²) in [4.78, 5) is 2.53. The number of likely N-dealkylation sites (N-methyl/N-ethyl adjacent to an activating group) is 1. The first-order valence-corrected chi connectivity index (χ1v) is 7.22. The summed E-state index contributed by atoms with van der Waals surface area (Å²) in [7, 11) is 0. The van der Waals surface area contributed by atoms with Crippen LogP contribution in [0.5, 0.6) is 0 Å². The summed E-state index contributed by atoms with van der Waals surface area (Å²) in [6, 6.07) is 2.47. The number of hydrogen-bond donors (Lipinski definition) is 1. The van der Waals surface area contributed by atoms with Crippen molar-refractivity contribution in [1.29, 1.82) is 0 Å². The van der Waals surface area contributed by atoms with Crippen LogP contribution in [0.2, 0.25) is 0 Å². The third-order valence-electron chi connectivity index (χ3n) is 4.15. The van der Waals surface area contributed by atoms with Crippen LogP contribution in [0.1, 0.15) is 26.3 Å². The standard InChI is InChI=1S/C15H26N2O2/c1-4-16-14(11-13-5-8-19-12-13)15(2,3)17-6-9-18-10-7-17/h5,8,12,14,16H,4,6-7,9-11H2,1-3H3. The SMILES string of the molecule is CCNC(Cc1ccoc1)C(C)(C)N1CCOCC1. The predicted octanol–water partition coefficient (Wildman–Crippen LogP) is 1.91. The van der Waals surface area contributed by atoms with Gasteiger partial charge in [-0.3, -0.25) is 4.90 Å². The molecule has 0 aromatic carbocycles. The summed E-state index contributed by atoms with van der Waals surface area (Å²) in [5, 5.41) is 3.63. The molecule has 1 N–H and O–H groups in total. The Morgan fingerprint density at radius 3 is 2.68 bits per heavy atom. The van der Waals surface area contributed by atoms with E-state index in [9.17, 15) is 0 Å². The molecule has 0 bridgehead atoms. The lowest BCUT2D eigenvalue weighted by atomic mass is 9.87. The van der Waals surface area contributed by atoms with Gasteiger partial charge >= 0.3 is 0 Å². The number of morpholine rings is 1. The van der Waals surface area contributed by atoms with Crippen LogP contribution < -0.4 is 5.32 Å². The Balaban J connectivity index is 2.06. The second-order valence-corrected chi connectivity index (χ2v) is 5.70. The Labute approximate surface area is 116 Å². The third kappa shape index (κ3) is 3.59. The summed E-state index contributed by atoms with van der Waals surface area (Å²) in [5.74, 6) is 0. The van der Waals surface area contributed by atoms with E-state index in [1.807, 2.05) is 6.26 Å². The molecule has 1 fully saturated rings. The molecule has 2 rings (SSSR count). The Bertz CT molecular complexity index is 356. The first-order chi connectivity index (χ1) is 9.14. The average molecular weight is 266 g/mol. The first kappa shape index (κ1) is 14.6. The van der Waals surface area contributed by atoms with Crippen molar-refractivity contribution in [1.82, 2.24) is 10.2 Å². The molecule has 4 nitrogen and oxygen atoms in total. The molecule has 108 valence electrons. The minimum Gasteiger partial charge on any atom is -0.472 e. The van der Waals surface area contributed by atoms with E-state index < -0.39 is 0 Å². The van der Waals surface area contributed by atoms with Crippen molar-refractivity contribution in [2.75, 3.05) is 32.8 Å². The minimum atomic E-state index is 0.108. The number of nitrogens with zero attached hydrogens (tertiary/aromatic N) is 1. The van der Waals surface area contributed by atoms with E-state index >= 15 is 0 Å². The fourth-order valence-electron chi connectivity index (χ4n) is 2.82. The molecule has 1 atom stereocenters. The molecule has 1 aromatic rings. The molecule has 19 heavy (non-hydrogen) atoms. The molecule has 1 aromatic heterocycles. The topological polar surface area (TPSA) is 37.6 Å². The lowest BCUT2D eigenvalue weighted by molar-refractivity contribution is -0.0230. The first-order valence-electron chi connectivity index (χ1n) is 7.22. The van der Waals surface area contributed by atoms with Gasteiger partial charge in [-0.25, -0.2) is 0 Å². The molecular weight excluding hydrogens is 240 g/mol. The van der Waals surface area contributed by atoms with Gasteiger partial charge in [0.05, 0.1) is 25.7 Å². The van der Waals surface area contributed by atoms with Gasteiger partial charge in [-0.1, -0.05) is 6.92 Å². The molecule has 2 heterocycles. The Morgan fingerprint density at radius 2 is 2.11 bits per heavy atom. The van der Waals surface area contributed by atoms with Crippen molar-refractivity contribution in [2.45, 2.75) is 38.8 Å². The number of hydrogen-bond acceptors (Lipinski definition) is 4. The third-order valence-corrected chi connectivity index (χ3v) is 4.15. The van der Waals surface area contributed by atoms with Crippen molar-refractivity contribution in [3.05, 3.63) is 24.2 Å². The zero-order valence-electron chi connectivity index (χ0n) is 12.3. The lowest BCUT2D eigenvalue weighted by Crippen LogP contribution is -2.61. The van der Waals surface area contributed by atoms with E-state index in [0.29, 0.717) is 6.04 Å². The van der Waals surface area contributed by atoms with Gasteiger partial charge in [0.2, 0.25) is 0 Å². The molecule has 0 radical (unpaired) electrons. The summed E-state index contributed by atoms with van der Waals surface area (Å²) in [6.07, 6.45) is 4.59. The van der Waals surface area contributed by atoms with Crippen molar-refractivity contribution < 1.29 is 9.15 Å². The van der Waals surface area contributed by atoms with Crippen LogP contribution in [0.25, 0.3) is 0 Å². The monoisotopic (exact) mass is 266 g/mol. The van der Waals surface area contributed by atoms with Crippen molar-refractivity contribution >= 4 is 0 Å². The van der Waals surface area contributed by atoms with Crippen LogP contribution in [0.4, 0.5) is 0 Å². The lowest BCUT2D eigenvalue weighted by Gasteiger charge is -2.46. The van der Waals surface area contributed by atoms with Crippen molar-refractivity contribution in [2.24, 2.45) is 0 Å². The maximum atomic E-state index is 5.46. The molecule has 1 saturated heterocycles. The number of furan rings is 1. The van der Waals surface area contributed by atoms with Gasteiger partial charge in [0.25, 0.3) is 0 Å². The number of nitrogens with one attached hydrogen (secondary N) is 1. The highest BCUT2D eigenvalue weighted by atomic mass is 16.5. The normalized spacial score (nSPS) is 19.5. The minimum absolute atomic E-state index is 0.108. The summed E-state index contributed by atoms with van der Waals surface area (Å²) in [6.45, 7) is 11.5. The number of ether oxygens (including phenoxy) is 1. The van der Waals surface area contributed by atoms with E-state index in [1.54, 1.807) is 6.26 Å². The maximum absolute atomic E-state index is 5.46. The molecule has 1 aliphatic heterocycles. The van der Waals surface area contributed by atoms with Gasteiger partial charge in [-0.15, -0.1) is 0 Å². The van der Waals surface area contributed by atoms with Gasteiger partial charge in [0.15, 0.2) is 0 Å². The molecule has 0 saturated carbocycles. The number of rotatable bonds is 6. The highest BCUT2D eigenvalue weighted by Crippen LogP contribution is 2.23. The molecule has 1 aliphatic rings. The van der Waals surface area contributed by atoms with Crippen LogP contribution >= 0.6 is 0 Å². The fraction of sp³-hybridized carbons (Fsp3) is 0.733. The molecule has 1 unspecified atom stereocenters. The molecule has 0 aliphatic carbocycles. The zero-order valence-corrected chi connectivity index (χ0v) is 12.3. The smallest absolute Gasteiger partial charge is 0.0935 e. The van der Waals surface area contributed by atoms with Crippen molar-refractivity contribution in [3.63, 3.8) is 0 Å². The van der Waals surface area contributed by atoms with E-state index in [-0.39, 0.29) is 5.54 Å². The zero-order chi connectivity index (χ0) is 13.7. The van der Waals surface area contributed by atoms with Crippen molar-refractivity contribution in [3.8, 4) is 0 Å². The van der Waals surface area contributed by atoms with Gasteiger partial charge in [-0.2, -0.15) is 0 Å². The molecule has 0 spiro atoms. The highest BCUT2D eigenvalue weighted by molar-refractivity contribution is 5.10. The van der Waals surface area contributed by atoms with E-state index in [1.165, 1.54) is 5.56 Å². The van der Waals surface area contributed by atoms with Gasteiger partial charge in [0, 0.05) is 24.7 Å². The van der Waals surface area contributed by atoms with Gasteiger partial charge in [0.1, 0.15) is 0 Å². The Hall–Kier alpha value is -0.840. The Morgan fingerprint density at radius 1 is 1.37 bits per heavy atom. The van der Waals surface area contributed by atoms with Crippen LogP contribution in [-0.2, 0) is 11.2 Å². The summed E-state index contributed by atoms with van der Waals surface area (Å²) < 4.78 is 10.7. The van der Waals surface area contributed by atoms with E-state index in [0.717, 1.165) is 39.3 Å². The summed E-state index contributed by atoms with van der Waals surface area (Å²) in [5.41, 5.74) is 1.36. The van der Waals surface area contributed by atoms with Crippen LogP contribution in [-0.4, -0.2) is 49.3 Å². The van der Waals surface area contributed by atoms with Gasteiger partial charge < -0.3 is 14.5 Å². The van der Waals surface area contributed by atoms with Crippen LogP contribution in [0, 0.1) is 0 Å². The molecule has 4 heteroatoms. The van der Waals surface area contributed by atoms with E-state index in [2.05, 4.69) is 37.1 Å². The summed E-state index contributed by atoms with van der Waals surface area (Å²) >= 11 is 0. The van der Waals surface area contributed by atoms with Crippen LogP contribution in [0.3, 0.4) is 0 Å². The molecular formula is C15H26N2O2. The molecule has 0 amide bonds. The van der Waals surface area contributed by atoms with Crippen LogP contribution in [0.15, 0.2) is 23.0 Å². The predicted molar refractivity (Wildman–Crippen MR) is 76.3 cm³/mol. The maximum Gasteiger partial charge on any atom is 0.0935 e. The van der Waals surface area contributed by atoms with E-state index in [4.69, 9.17) is 9.15 Å². The second kappa shape index (κ2) is 6.55. The van der Waals surface area contributed by atoms with Gasteiger partial charge in [-0.05, 0) is 38.4 Å². The fourth-order valence-corrected chi connectivity index (χ4v) is 2.82. The second-order valence-electron chi connectivity index (χ2n) is 5.70. The average Bonchev–Trinajstić information content (AvgIpc) is 2.92.